The van der Waals surface area contributed by atoms with Gasteiger partial charge in [0, 0.05) is 7.05 Å². The van der Waals surface area contributed by atoms with Crippen LogP contribution >= 0.6 is 23.2 Å². The first-order valence-corrected chi connectivity index (χ1v) is 7.64. The molecule has 1 aliphatic heterocycles. The van der Waals surface area contributed by atoms with E-state index in [4.69, 9.17) is 23.2 Å². The summed E-state index contributed by atoms with van der Waals surface area (Å²) in [5.41, 5.74) is 0.898. The highest BCUT2D eigenvalue weighted by molar-refractivity contribution is 6.42. The number of likely N-dealkylation sites (N-methyl/N-ethyl adjacent to an activating group) is 1. The van der Waals surface area contributed by atoms with Gasteiger partial charge in [-0.1, -0.05) is 29.3 Å². The van der Waals surface area contributed by atoms with Crippen molar-refractivity contribution >= 4 is 29.1 Å². The third-order valence-corrected chi connectivity index (χ3v) is 4.65. The first kappa shape index (κ1) is 15.6. The Kier molecular flexibility index (Phi) is 5.30. The summed E-state index contributed by atoms with van der Waals surface area (Å²) in [7, 11) is 3.96. The number of amides is 1. The van der Waals surface area contributed by atoms with Gasteiger partial charge in [-0.05, 0) is 50.6 Å². The van der Waals surface area contributed by atoms with E-state index in [1.165, 1.54) is 12.8 Å². The third kappa shape index (κ3) is 3.66. The second kappa shape index (κ2) is 6.79. The van der Waals surface area contributed by atoms with Gasteiger partial charge in [0.05, 0.1) is 22.6 Å². The molecule has 3 nitrogen and oxygen atoms in total. The maximum Gasteiger partial charge on any atom is 0.227 e. The minimum absolute atomic E-state index is 0.113. The normalized spacial score (nSPS) is 19.9. The zero-order chi connectivity index (χ0) is 14.7. The van der Waals surface area contributed by atoms with Gasteiger partial charge < -0.3 is 4.90 Å². The van der Waals surface area contributed by atoms with Gasteiger partial charge in [0.25, 0.3) is 0 Å². The van der Waals surface area contributed by atoms with Crippen LogP contribution in [0.3, 0.4) is 0 Å². The van der Waals surface area contributed by atoms with E-state index in [0.29, 0.717) is 16.5 Å². The minimum atomic E-state index is 0.113. The number of benzene rings is 1. The Morgan fingerprint density at radius 1 is 1.35 bits per heavy atom. The Morgan fingerprint density at radius 2 is 2.10 bits per heavy atom. The highest BCUT2D eigenvalue weighted by Gasteiger charge is 2.26. The number of carbonyl (C=O) groups excluding carboxylic acids is 1. The van der Waals surface area contributed by atoms with E-state index in [9.17, 15) is 4.79 Å². The Morgan fingerprint density at radius 3 is 2.75 bits per heavy atom. The van der Waals surface area contributed by atoms with Crippen molar-refractivity contribution in [3.8, 4) is 0 Å². The molecule has 1 heterocycles. The fraction of sp³-hybridized carbons (Fsp3) is 0.533. The zero-order valence-electron chi connectivity index (χ0n) is 11.9. The molecule has 2 rings (SSSR count). The highest BCUT2D eigenvalue weighted by Crippen LogP contribution is 2.23. The number of nitrogens with zero attached hydrogens (tertiary/aromatic N) is 2. The summed E-state index contributed by atoms with van der Waals surface area (Å²) in [6, 6.07) is 5.35. The van der Waals surface area contributed by atoms with Crippen molar-refractivity contribution in [2.45, 2.75) is 31.8 Å². The van der Waals surface area contributed by atoms with Crippen LogP contribution in [-0.2, 0) is 11.2 Å². The molecule has 0 radical (unpaired) electrons. The van der Waals surface area contributed by atoms with Crippen LogP contribution in [0.15, 0.2) is 18.2 Å². The van der Waals surface area contributed by atoms with Crippen LogP contribution in [0.2, 0.25) is 10.0 Å². The molecule has 0 saturated carbocycles. The van der Waals surface area contributed by atoms with Gasteiger partial charge in [-0.25, -0.2) is 0 Å². The fourth-order valence-corrected chi connectivity index (χ4v) is 2.98. The number of hydrogen-bond donors (Lipinski definition) is 0. The van der Waals surface area contributed by atoms with Crippen molar-refractivity contribution in [2.24, 2.45) is 0 Å². The summed E-state index contributed by atoms with van der Waals surface area (Å²) in [5, 5.41) is 1.01. The second-order valence-electron chi connectivity index (χ2n) is 5.39. The fourth-order valence-electron chi connectivity index (χ4n) is 2.66. The molecule has 0 aliphatic carbocycles. The molecule has 1 aliphatic rings. The molecule has 0 N–H and O–H groups in total. The molecule has 1 amide bonds. The van der Waals surface area contributed by atoms with Gasteiger partial charge in [0.2, 0.25) is 5.91 Å². The number of likely N-dealkylation sites (tertiary alicyclic amines) is 1. The Labute approximate surface area is 130 Å². The number of piperidine rings is 1. The van der Waals surface area contributed by atoms with Gasteiger partial charge >= 0.3 is 0 Å². The topological polar surface area (TPSA) is 23.6 Å². The molecule has 1 unspecified atom stereocenters. The second-order valence-corrected chi connectivity index (χ2v) is 6.20. The van der Waals surface area contributed by atoms with Crippen molar-refractivity contribution in [1.29, 1.82) is 0 Å². The van der Waals surface area contributed by atoms with Crippen LogP contribution in [0.25, 0.3) is 0 Å². The summed E-state index contributed by atoms with van der Waals surface area (Å²) in [5.74, 6) is 0.113. The van der Waals surface area contributed by atoms with Crippen molar-refractivity contribution in [1.82, 2.24) is 9.80 Å². The van der Waals surface area contributed by atoms with Crippen molar-refractivity contribution in [2.75, 3.05) is 20.6 Å². The summed E-state index contributed by atoms with van der Waals surface area (Å²) in [6.07, 6.45) is 4.00. The summed E-state index contributed by atoms with van der Waals surface area (Å²) in [4.78, 5) is 16.5. The summed E-state index contributed by atoms with van der Waals surface area (Å²) in [6.45, 7) is 1.05. The molecule has 1 aromatic carbocycles. The third-order valence-electron chi connectivity index (χ3n) is 3.91. The van der Waals surface area contributed by atoms with Gasteiger partial charge in [0.1, 0.15) is 0 Å². The lowest BCUT2D eigenvalue weighted by Gasteiger charge is -2.38. The largest absolute Gasteiger partial charge is 0.330 e. The Bertz CT molecular complexity index is 493. The Hall–Kier alpha value is -0.770. The lowest BCUT2D eigenvalue weighted by Crippen LogP contribution is -2.50. The Balaban J connectivity index is 2.01. The minimum Gasteiger partial charge on any atom is -0.330 e. The molecule has 5 heteroatoms. The van der Waals surface area contributed by atoms with Crippen LogP contribution < -0.4 is 0 Å². The number of carbonyl (C=O) groups is 1. The van der Waals surface area contributed by atoms with Gasteiger partial charge in [-0.3, -0.25) is 9.69 Å². The van der Waals surface area contributed by atoms with Crippen LogP contribution in [0.1, 0.15) is 24.8 Å². The molecule has 0 bridgehead atoms. The van der Waals surface area contributed by atoms with Gasteiger partial charge in [-0.15, -0.1) is 0 Å². The zero-order valence-corrected chi connectivity index (χ0v) is 13.4. The van der Waals surface area contributed by atoms with Crippen molar-refractivity contribution < 1.29 is 4.79 Å². The van der Waals surface area contributed by atoms with E-state index in [1.54, 1.807) is 12.1 Å². The van der Waals surface area contributed by atoms with Gasteiger partial charge in [-0.2, -0.15) is 0 Å². The van der Waals surface area contributed by atoms with E-state index in [1.807, 2.05) is 18.0 Å². The lowest BCUT2D eigenvalue weighted by atomic mass is 10.1. The van der Waals surface area contributed by atoms with Crippen molar-refractivity contribution in [3.63, 3.8) is 0 Å². The van der Waals surface area contributed by atoms with Crippen LogP contribution in [0, 0.1) is 0 Å². The molecular weight excluding hydrogens is 295 g/mol. The predicted octanol–water partition coefficient (Wildman–Crippen LogP) is 3.44. The first-order valence-electron chi connectivity index (χ1n) is 6.89. The predicted molar refractivity (Wildman–Crippen MR) is 83.2 cm³/mol. The molecule has 0 aromatic heterocycles. The summed E-state index contributed by atoms with van der Waals surface area (Å²) >= 11 is 11.9. The first-order chi connectivity index (χ1) is 9.49. The molecular formula is C15H20Cl2N2O. The quantitative estimate of drug-likeness (QED) is 0.853. The monoisotopic (exact) mass is 314 g/mol. The molecule has 1 aromatic rings. The highest BCUT2D eigenvalue weighted by atomic mass is 35.5. The molecule has 1 saturated heterocycles. The average Bonchev–Trinajstić information content (AvgIpc) is 2.42. The molecule has 110 valence electrons. The standard InChI is InChI=1S/C15H20Cl2N2O/c1-18-8-4-3-5-14(18)19(2)15(20)10-11-6-7-12(16)13(17)9-11/h6-7,9,14H,3-5,8,10H2,1-2H3. The number of halogens is 2. The molecule has 0 spiro atoms. The number of hydrogen-bond acceptors (Lipinski definition) is 2. The smallest absolute Gasteiger partial charge is 0.227 e. The number of rotatable bonds is 3. The average molecular weight is 315 g/mol. The molecule has 1 fully saturated rings. The SMILES string of the molecule is CN1CCCCC1N(C)C(=O)Cc1ccc(Cl)c(Cl)c1. The lowest BCUT2D eigenvalue weighted by molar-refractivity contribution is -0.135. The van der Waals surface area contributed by atoms with E-state index in [0.717, 1.165) is 18.5 Å². The summed E-state index contributed by atoms with van der Waals surface area (Å²) < 4.78 is 0. The maximum absolute atomic E-state index is 12.4. The van der Waals surface area contributed by atoms with Crippen LogP contribution in [0.4, 0.5) is 0 Å². The van der Waals surface area contributed by atoms with Crippen LogP contribution in [-0.4, -0.2) is 42.5 Å². The van der Waals surface area contributed by atoms with E-state index in [-0.39, 0.29) is 12.1 Å². The molecule has 1 atom stereocenters. The van der Waals surface area contributed by atoms with Crippen LogP contribution in [0.5, 0.6) is 0 Å². The van der Waals surface area contributed by atoms with Gasteiger partial charge in [0.15, 0.2) is 0 Å². The van der Waals surface area contributed by atoms with E-state index < -0.39 is 0 Å². The van der Waals surface area contributed by atoms with E-state index >= 15 is 0 Å². The van der Waals surface area contributed by atoms with E-state index in [2.05, 4.69) is 11.9 Å². The van der Waals surface area contributed by atoms with Crippen molar-refractivity contribution in [3.05, 3.63) is 33.8 Å². The maximum atomic E-state index is 12.4. The molecule has 20 heavy (non-hydrogen) atoms.